The zero-order valence-electron chi connectivity index (χ0n) is 3.35. The van der Waals surface area contributed by atoms with Crippen LogP contribution >= 0.6 is 0 Å². The third-order valence-electron chi connectivity index (χ3n) is 0. The molecule has 0 aromatic heterocycles. The Morgan fingerprint density at radius 1 is 1.00 bits per heavy atom. The first-order valence-electron chi connectivity index (χ1n) is 1.02. The fourth-order valence-corrected chi connectivity index (χ4v) is 0. The Morgan fingerprint density at radius 3 is 1.00 bits per heavy atom. The zero-order valence-corrected chi connectivity index (χ0v) is 4.83. The van der Waals surface area contributed by atoms with Gasteiger partial charge in [-0.2, -0.15) is 10.5 Å². The van der Waals surface area contributed by atoms with Crippen molar-refractivity contribution in [2.75, 3.05) is 0 Å². The van der Waals surface area contributed by atoms with E-state index < -0.39 is 0 Å². The number of rotatable bonds is 0. The largest absolute Gasteiger partial charge is 1.00 e. The summed E-state index contributed by atoms with van der Waals surface area (Å²) in [5, 5.41) is 14.2. The minimum absolute atomic E-state index is 0. The maximum absolute atomic E-state index is 7.10. The number of nitrogens with two attached hydrogens (primary N) is 2. The molecule has 0 saturated carbocycles. The average Bonchev–Trinajstić information content (AvgIpc) is 1.39. The molecule has 0 heterocycles. The Morgan fingerprint density at radius 2 is 1.00 bits per heavy atom. The van der Waals surface area contributed by atoms with Gasteiger partial charge in [0, 0.05) is 0 Å². The second-order valence-corrected chi connectivity index (χ2v) is 0.258. The molecule has 0 aliphatic heterocycles. The standard InChI is InChI=1S/2CH2N2.Ag/c2*2-1-3;/h2*2H2;/q;;+1. The van der Waals surface area contributed by atoms with Crippen LogP contribution in [0.2, 0.25) is 0 Å². The molecule has 4 N–H and O–H groups in total. The summed E-state index contributed by atoms with van der Waals surface area (Å²) in [6.07, 6.45) is 2.50. The molecule has 0 rings (SSSR count). The first kappa shape index (κ1) is 16.2. The van der Waals surface area contributed by atoms with Crippen LogP contribution in [0.5, 0.6) is 0 Å². The summed E-state index contributed by atoms with van der Waals surface area (Å²) in [5.41, 5.74) is 8.31. The van der Waals surface area contributed by atoms with Crippen molar-refractivity contribution in [2.45, 2.75) is 0 Å². The van der Waals surface area contributed by atoms with Crippen LogP contribution in [0, 0.1) is 22.9 Å². The molecule has 0 aromatic carbocycles. The summed E-state index contributed by atoms with van der Waals surface area (Å²) >= 11 is 0. The van der Waals surface area contributed by atoms with Crippen LogP contribution in [0.25, 0.3) is 0 Å². The van der Waals surface area contributed by atoms with Gasteiger partial charge < -0.3 is 11.5 Å². The molecule has 0 unspecified atom stereocenters. The zero-order chi connectivity index (χ0) is 5.41. The Bertz CT molecular complexity index is 64.7. The van der Waals surface area contributed by atoms with E-state index in [-0.39, 0.29) is 22.4 Å². The van der Waals surface area contributed by atoms with Gasteiger partial charge in [-0.15, -0.1) is 0 Å². The summed E-state index contributed by atoms with van der Waals surface area (Å²) in [5.74, 6) is 0. The molecule has 0 amide bonds. The molecule has 0 saturated heterocycles. The van der Waals surface area contributed by atoms with E-state index in [0.29, 0.717) is 0 Å². The first-order chi connectivity index (χ1) is 2.83. The summed E-state index contributed by atoms with van der Waals surface area (Å²) in [7, 11) is 0. The quantitative estimate of drug-likeness (QED) is 0.287. The van der Waals surface area contributed by atoms with Gasteiger partial charge in [0.25, 0.3) is 0 Å². The van der Waals surface area contributed by atoms with Crippen molar-refractivity contribution >= 4 is 0 Å². The normalized spacial score (nSPS) is 2.00. The van der Waals surface area contributed by atoms with Crippen molar-refractivity contribution < 1.29 is 22.4 Å². The van der Waals surface area contributed by atoms with Gasteiger partial charge >= 0.3 is 22.4 Å². The Hall–Kier alpha value is -0.680. The molecule has 4 nitrogen and oxygen atoms in total. The molecule has 0 spiro atoms. The average molecular weight is 192 g/mol. The van der Waals surface area contributed by atoms with Crippen molar-refractivity contribution in [1.29, 1.82) is 10.5 Å². The summed E-state index contributed by atoms with van der Waals surface area (Å²) < 4.78 is 0. The fourth-order valence-electron chi connectivity index (χ4n) is 0. The maximum atomic E-state index is 7.10. The van der Waals surface area contributed by atoms with Gasteiger partial charge in [-0.05, 0) is 0 Å². The molecule has 0 fully saturated rings. The van der Waals surface area contributed by atoms with Gasteiger partial charge in [0.1, 0.15) is 0 Å². The number of hydrogen-bond acceptors (Lipinski definition) is 4. The topological polar surface area (TPSA) is 99.6 Å². The summed E-state index contributed by atoms with van der Waals surface area (Å²) in [6, 6.07) is 0. The van der Waals surface area contributed by atoms with Crippen LogP contribution in [0.15, 0.2) is 0 Å². The molecule has 5 heteroatoms. The SMILES string of the molecule is N#CN.N#CN.[Ag+]. The first-order valence-corrected chi connectivity index (χ1v) is 1.02. The summed E-state index contributed by atoms with van der Waals surface area (Å²) in [6.45, 7) is 0. The van der Waals surface area contributed by atoms with Crippen molar-refractivity contribution in [1.82, 2.24) is 0 Å². The predicted molar refractivity (Wildman–Crippen MR) is 19.6 cm³/mol. The Balaban J connectivity index is -0.0000000400. The third kappa shape index (κ3) is 127. The van der Waals surface area contributed by atoms with E-state index in [0.717, 1.165) is 0 Å². The molecule has 7 heavy (non-hydrogen) atoms. The fraction of sp³-hybridized carbons (Fsp3) is 0. The van der Waals surface area contributed by atoms with Gasteiger partial charge in [-0.3, -0.25) is 0 Å². The van der Waals surface area contributed by atoms with Crippen LogP contribution in [-0.4, -0.2) is 0 Å². The van der Waals surface area contributed by atoms with Crippen LogP contribution in [0.1, 0.15) is 0 Å². The molecule has 0 aliphatic rings. The van der Waals surface area contributed by atoms with Crippen LogP contribution < -0.4 is 11.5 Å². The van der Waals surface area contributed by atoms with Gasteiger partial charge in [0.2, 0.25) is 0 Å². The number of hydrogen-bond donors (Lipinski definition) is 2. The van der Waals surface area contributed by atoms with E-state index in [4.69, 9.17) is 10.5 Å². The molecular formula is C2H4AgN4+. The summed E-state index contributed by atoms with van der Waals surface area (Å²) in [4.78, 5) is 0. The van der Waals surface area contributed by atoms with Gasteiger partial charge in [0.15, 0.2) is 12.4 Å². The molecule has 0 aliphatic carbocycles. The van der Waals surface area contributed by atoms with Crippen LogP contribution in [-0.2, 0) is 22.4 Å². The second kappa shape index (κ2) is 57.0. The molecular weight excluding hydrogens is 188 g/mol. The van der Waals surface area contributed by atoms with Crippen LogP contribution in [0.4, 0.5) is 0 Å². The van der Waals surface area contributed by atoms with E-state index >= 15 is 0 Å². The van der Waals surface area contributed by atoms with E-state index in [9.17, 15) is 0 Å². The van der Waals surface area contributed by atoms with E-state index in [1.807, 2.05) is 0 Å². The van der Waals surface area contributed by atoms with Crippen molar-refractivity contribution in [3.05, 3.63) is 0 Å². The molecule has 0 bridgehead atoms. The molecule has 0 aromatic rings. The van der Waals surface area contributed by atoms with E-state index in [1.165, 1.54) is 12.4 Å². The smallest absolute Gasteiger partial charge is 0.337 e. The third-order valence-corrected chi connectivity index (χ3v) is 0. The van der Waals surface area contributed by atoms with Gasteiger partial charge in [-0.1, -0.05) is 0 Å². The van der Waals surface area contributed by atoms with Gasteiger partial charge in [0.05, 0.1) is 0 Å². The molecule has 42 valence electrons. The Kier molecular flexibility index (Phi) is 132. The number of nitriles is 2. The van der Waals surface area contributed by atoms with Crippen LogP contribution in [0.3, 0.4) is 0 Å². The van der Waals surface area contributed by atoms with E-state index in [1.54, 1.807) is 0 Å². The van der Waals surface area contributed by atoms with Gasteiger partial charge in [-0.25, -0.2) is 0 Å². The van der Waals surface area contributed by atoms with Crippen molar-refractivity contribution in [3.8, 4) is 12.4 Å². The second-order valence-electron chi connectivity index (χ2n) is 0.258. The van der Waals surface area contributed by atoms with E-state index in [2.05, 4.69) is 11.5 Å². The Labute approximate surface area is 57.2 Å². The molecule has 0 atom stereocenters. The predicted octanol–water partition coefficient (Wildman–Crippen LogP) is -1.15. The van der Waals surface area contributed by atoms with Crippen molar-refractivity contribution in [2.24, 2.45) is 11.5 Å². The maximum Gasteiger partial charge on any atom is 1.00 e. The monoisotopic (exact) mass is 191 g/mol. The molecule has 0 radical (unpaired) electrons. The minimum atomic E-state index is 0. The minimum Gasteiger partial charge on any atom is -0.337 e. The van der Waals surface area contributed by atoms with Crippen molar-refractivity contribution in [3.63, 3.8) is 0 Å². The number of nitrogens with zero attached hydrogens (tertiary/aromatic N) is 2.